The van der Waals surface area contributed by atoms with Crippen LogP contribution in [0.2, 0.25) is 10.0 Å². The normalized spacial score (nSPS) is 10.7. The van der Waals surface area contributed by atoms with Crippen molar-refractivity contribution in [2.24, 2.45) is 5.10 Å². The molecule has 2 amide bonds. The number of anilines is 1. The first-order chi connectivity index (χ1) is 15.3. The Labute approximate surface area is 191 Å². The maximum atomic E-state index is 12.3. The van der Waals surface area contributed by atoms with Gasteiger partial charge in [0.05, 0.1) is 21.7 Å². The number of hydrazone groups is 1. The minimum absolute atomic E-state index is 0.0247. The summed E-state index contributed by atoms with van der Waals surface area (Å²) in [6.07, 6.45) is 1.03. The van der Waals surface area contributed by atoms with E-state index in [1.807, 2.05) is 0 Å². The second kappa shape index (κ2) is 9.90. The lowest BCUT2D eigenvalue weighted by molar-refractivity contribution is -0.385. The van der Waals surface area contributed by atoms with E-state index >= 15 is 0 Å². The molecule has 0 aromatic heterocycles. The average Bonchev–Trinajstić information content (AvgIpc) is 2.76. The van der Waals surface area contributed by atoms with Gasteiger partial charge < -0.3 is 10.4 Å². The van der Waals surface area contributed by atoms with Crippen LogP contribution in [0, 0.1) is 10.1 Å². The summed E-state index contributed by atoms with van der Waals surface area (Å²) >= 11 is 11.8. The molecule has 0 aliphatic rings. The number of phenols is 1. The number of amides is 2. The Morgan fingerprint density at radius 3 is 2.38 bits per heavy atom. The Kier molecular flexibility index (Phi) is 7.04. The molecule has 32 heavy (non-hydrogen) atoms. The van der Waals surface area contributed by atoms with Gasteiger partial charge in [-0.3, -0.25) is 19.7 Å². The number of carbonyl (C=O) groups is 2. The van der Waals surface area contributed by atoms with Crippen LogP contribution in [-0.2, 0) is 0 Å². The van der Waals surface area contributed by atoms with Gasteiger partial charge in [-0.15, -0.1) is 0 Å². The van der Waals surface area contributed by atoms with Gasteiger partial charge in [0.1, 0.15) is 0 Å². The van der Waals surface area contributed by atoms with Gasteiger partial charge in [0, 0.05) is 27.9 Å². The zero-order chi connectivity index (χ0) is 23.3. The smallest absolute Gasteiger partial charge is 0.312 e. The molecule has 0 bridgehead atoms. The zero-order valence-corrected chi connectivity index (χ0v) is 17.6. The van der Waals surface area contributed by atoms with Gasteiger partial charge >= 0.3 is 5.69 Å². The predicted molar refractivity (Wildman–Crippen MR) is 121 cm³/mol. The number of aromatic hydroxyl groups is 1. The SMILES string of the molecule is O=C(N/N=C/c1cc(Cl)cc([N+](=O)[O-])c1O)c1ccc(NC(=O)c2ccccc2Cl)cc1. The highest BCUT2D eigenvalue weighted by Crippen LogP contribution is 2.32. The van der Waals surface area contributed by atoms with E-state index < -0.39 is 28.2 Å². The molecule has 0 aliphatic heterocycles. The molecular weight excluding hydrogens is 459 g/mol. The van der Waals surface area contributed by atoms with Crippen molar-refractivity contribution in [1.82, 2.24) is 5.43 Å². The van der Waals surface area contributed by atoms with E-state index in [0.717, 1.165) is 12.3 Å². The zero-order valence-electron chi connectivity index (χ0n) is 16.1. The molecule has 3 rings (SSSR count). The number of nitrogens with one attached hydrogen (secondary N) is 2. The summed E-state index contributed by atoms with van der Waals surface area (Å²) in [5.74, 6) is -1.61. The van der Waals surface area contributed by atoms with Crippen LogP contribution in [0.3, 0.4) is 0 Å². The highest BCUT2D eigenvalue weighted by molar-refractivity contribution is 6.34. The quantitative estimate of drug-likeness (QED) is 0.273. The first-order valence-corrected chi connectivity index (χ1v) is 9.68. The van der Waals surface area contributed by atoms with E-state index in [2.05, 4.69) is 15.8 Å². The van der Waals surface area contributed by atoms with Crippen molar-refractivity contribution in [3.63, 3.8) is 0 Å². The fourth-order valence-electron chi connectivity index (χ4n) is 2.62. The van der Waals surface area contributed by atoms with Gasteiger partial charge in [-0.25, -0.2) is 5.43 Å². The molecule has 0 heterocycles. The molecule has 3 N–H and O–H groups in total. The summed E-state index contributed by atoms with van der Waals surface area (Å²) in [6, 6.07) is 14.8. The minimum atomic E-state index is -0.788. The van der Waals surface area contributed by atoms with Gasteiger partial charge in [0.2, 0.25) is 5.75 Å². The third-order valence-electron chi connectivity index (χ3n) is 4.17. The molecule has 0 atom stereocenters. The summed E-state index contributed by atoms with van der Waals surface area (Å²) in [7, 11) is 0. The van der Waals surface area contributed by atoms with E-state index in [4.69, 9.17) is 23.2 Å². The molecule has 0 saturated carbocycles. The third kappa shape index (κ3) is 5.39. The largest absolute Gasteiger partial charge is 0.502 e. The second-order valence-electron chi connectivity index (χ2n) is 6.33. The molecule has 0 spiro atoms. The number of carbonyl (C=O) groups excluding carboxylic acids is 2. The number of halogens is 2. The summed E-state index contributed by atoms with van der Waals surface area (Å²) in [5.41, 5.74) is 2.61. The van der Waals surface area contributed by atoms with Crippen molar-refractivity contribution >= 4 is 52.6 Å². The van der Waals surface area contributed by atoms with E-state index in [1.165, 1.54) is 30.3 Å². The van der Waals surface area contributed by atoms with Crippen molar-refractivity contribution in [1.29, 1.82) is 0 Å². The van der Waals surface area contributed by atoms with Crippen molar-refractivity contribution in [3.05, 3.63) is 97.5 Å². The summed E-state index contributed by atoms with van der Waals surface area (Å²) in [6.45, 7) is 0. The van der Waals surface area contributed by atoms with Crippen LogP contribution >= 0.6 is 23.2 Å². The Bertz CT molecular complexity index is 1230. The lowest BCUT2D eigenvalue weighted by Crippen LogP contribution is -2.18. The molecule has 9 nitrogen and oxygen atoms in total. The van der Waals surface area contributed by atoms with E-state index in [9.17, 15) is 24.8 Å². The molecule has 0 unspecified atom stereocenters. The molecule has 3 aromatic carbocycles. The van der Waals surface area contributed by atoms with E-state index in [0.29, 0.717) is 16.3 Å². The van der Waals surface area contributed by atoms with Gasteiger partial charge in [-0.2, -0.15) is 5.10 Å². The van der Waals surface area contributed by atoms with Gasteiger partial charge in [-0.1, -0.05) is 35.3 Å². The first kappa shape index (κ1) is 22.7. The van der Waals surface area contributed by atoms with E-state index in [-0.39, 0.29) is 16.1 Å². The molecule has 11 heteroatoms. The van der Waals surface area contributed by atoms with Crippen molar-refractivity contribution in [2.75, 3.05) is 5.32 Å². The Morgan fingerprint density at radius 1 is 1.03 bits per heavy atom. The molecule has 0 saturated heterocycles. The van der Waals surface area contributed by atoms with Crippen LogP contribution in [-0.4, -0.2) is 28.1 Å². The van der Waals surface area contributed by atoms with Crippen LogP contribution in [0.4, 0.5) is 11.4 Å². The maximum absolute atomic E-state index is 12.3. The summed E-state index contributed by atoms with van der Waals surface area (Å²) < 4.78 is 0. The third-order valence-corrected chi connectivity index (χ3v) is 4.72. The van der Waals surface area contributed by atoms with Gasteiger partial charge in [0.15, 0.2) is 0 Å². The van der Waals surface area contributed by atoms with Gasteiger partial charge in [-0.05, 0) is 42.5 Å². The number of rotatable bonds is 6. The fourth-order valence-corrected chi connectivity index (χ4v) is 3.06. The number of nitro benzene ring substituents is 1. The highest BCUT2D eigenvalue weighted by Gasteiger charge is 2.18. The second-order valence-corrected chi connectivity index (χ2v) is 7.17. The van der Waals surface area contributed by atoms with Crippen LogP contribution < -0.4 is 10.7 Å². The number of nitro groups is 1. The van der Waals surface area contributed by atoms with Crippen LogP contribution in [0.25, 0.3) is 0 Å². The number of hydrogen-bond donors (Lipinski definition) is 3. The monoisotopic (exact) mass is 472 g/mol. The molecule has 0 fully saturated rings. The van der Waals surface area contributed by atoms with Crippen LogP contribution in [0.15, 0.2) is 65.8 Å². The standard InChI is InChI=1S/C21H14Cl2N4O5/c22-14-9-13(19(28)18(10-14)27(31)32)11-24-26-20(29)12-5-7-15(8-6-12)25-21(30)16-3-1-2-4-17(16)23/h1-11,28H,(H,25,30)(H,26,29)/b24-11+. The van der Waals surface area contributed by atoms with Gasteiger partial charge in [0.25, 0.3) is 11.8 Å². The van der Waals surface area contributed by atoms with E-state index in [1.54, 1.807) is 24.3 Å². The molecule has 3 aromatic rings. The maximum Gasteiger partial charge on any atom is 0.312 e. The Hall–Kier alpha value is -3.95. The number of phenolic OH excluding ortho intramolecular Hbond substituents is 1. The predicted octanol–water partition coefficient (Wildman–Crippen LogP) is 4.62. The molecule has 0 radical (unpaired) electrons. The summed E-state index contributed by atoms with van der Waals surface area (Å²) in [5, 5.41) is 27.6. The topological polar surface area (TPSA) is 134 Å². The number of hydrogen-bond acceptors (Lipinski definition) is 6. The minimum Gasteiger partial charge on any atom is -0.502 e. The fraction of sp³-hybridized carbons (Fsp3) is 0. The average molecular weight is 473 g/mol. The first-order valence-electron chi connectivity index (χ1n) is 8.92. The van der Waals surface area contributed by atoms with Crippen LogP contribution in [0.5, 0.6) is 5.75 Å². The number of benzene rings is 3. The van der Waals surface area contributed by atoms with Crippen LogP contribution in [0.1, 0.15) is 26.3 Å². The van der Waals surface area contributed by atoms with Crippen molar-refractivity contribution in [3.8, 4) is 5.75 Å². The molecule has 162 valence electrons. The number of nitrogens with zero attached hydrogens (tertiary/aromatic N) is 2. The molecule has 0 aliphatic carbocycles. The Morgan fingerprint density at radius 2 is 1.72 bits per heavy atom. The van der Waals surface area contributed by atoms with Crippen molar-refractivity contribution in [2.45, 2.75) is 0 Å². The highest BCUT2D eigenvalue weighted by atomic mass is 35.5. The lowest BCUT2D eigenvalue weighted by Gasteiger charge is -2.07. The Balaban J connectivity index is 1.65. The summed E-state index contributed by atoms with van der Waals surface area (Å²) in [4.78, 5) is 34.7. The lowest BCUT2D eigenvalue weighted by atomic mass is 10.1. The van der Waals surface area contributed by atoms with Crippen molar-refractivity contribution < 1.29 is 19.6 Å². The molecular formula is C21H14Cl2N4O5.